The van der Waals surface area contributed by atoms with Crippen LogP contribution in [0, 0.1) is 58.7 Å². The van der Waals surface area contributed by atoms with Gasteiger partial charge in [0, 0.05) is 92.2 Å². The van der Waals surface area contributed by atoms with Gasteiger partial charge in [-0.15, -0.1) is 11.8 Å². The number of rotatable bonds is 17. The number of nitrogens with zero attached hydrogens (tertiary/aromatic N) is 8. The first-order chi connectivity index (χ1) is 41.8. The highest BCUT2D eigenvalue weighted by atomic mass is 32.2. The van der Waals surface area contributed by atoms with E-state index < -0.39 is 166 Å². The van der Waals surface area contributed by atoms with Crippen LogP contribution in [-0.2, 0) is 52.7 Å². The van der Waals surface area contributed by atoms with Gasteiger partial charge in [0.2, 0.25) is 41.4 Å². The van der Waals surface area contributed by atoms with Gasteiger partial charge in [-0.3, -0.25) is 52.7 Å². The van der Waals surface area contributed by atoms with E-state index in [1.54, 1.807) is 34.6 Å². The van der Waals surface area contributed by atoms with Crippen LogP contribution in [-0.4, -0.2) is 232 Å². The average molecular weight is 1300 g/mol. The SMILES string of the molecule is C/C=C/CC(C)C(O)C1C(=O)CC(CC)C(=O)N(C)C(SCN(C)C)C(=O)N(C)C(CC(C)(C)C)C(=O)CC(C(C)C)C(=O)N(C)C(CC(C)C)C(=O)CC(C)C(=O)NC(C)C(=O)N(C)C(CC(C)C)C(=O)N(C)C(CC(C)C)C(=O)N(C)C(C(C)C)C(=O)N1C. The minimum atomic E-state index is -1.52. The number of likely N-dealkylation sites (N-methyl/N-ethyl adjacent to an activating group) is 7. The molecule has 13 atom stereocenters. The molecule has 8 amide bonds. The number of hydrogen-bond donors (Lipinski definition) is 2. The van der Waals surface area contributed by atoms with Crippen molar-refractivity contribution in [3.8, 4) is 0 Å². The Morgan fingerprint density at radius 3 is 1.45 bits per heavy atom. The van der Waals surface area contributed by atoms with Gasteiger partial charge >= 0.3 is 0 Å². The van der Waals surface area contributed by atoms with Crippen molar-refractivity contribution in [3.05, 3.63) is 12.2 Å². The predicted molar refractivity (Wildman–Crippen MR) is 362 cm³/mol. The third-order valence-electron chi connectivity index (χ3n) is 17.8. The molecule has 1 saturated heterocycles. The summed E-state index contributed by atoms with van der Waals surface area (Å²) < 4.78 is 0. The Kier molecular flexibility index (Phi) is 34.6. The van der Waals surface area contributed by atoms with Gasteiger partial charge in [0.05, 0.1) is 18.2 Å². The summed E-state index contributed by atoms with van der Waals surface area (Å²) >= 11 is 1.16. The molecule has 0 bridgehead atoms. The summed E-state index contributed by atoms with van der Waals surface area (Å²) in [5.74, 6) is -10.7. The van der Waals surface area contributed by atoms with E-state index in [4.69, 9.17) is 0 Å². The van der Waals surface area contributed by atoms with Crippen molar-refractivity contribution in [2.45, 2.75) is 236 Å². The Hall–Kier alpha value is -5.22. The molecule has 0 spiro atoms. The summed E-state index contributed by atoms with van der Waals surface area (Å²) in [5, 5.41) is 13.9. The molecule has 1 heterocycles. The molecule has 0 aromatic heterocycles. The van der Waals surface area contributed by atoms with Crippen LogP contribution in [0.2, 0.25) is 0 Å². The number of allylic oxidation sites excluding steroid dienone is 2. The van der Waals surface area contributed by atoms with Crippen LogP contribution < -0.4 is 5.32 Å². The highest BCUT2D eigenvalue weighted by molar-refractivity contribution is 8.00. The van der Waals surface area contributed by atoms with Crippen molar-refractivity contribution in [1.82, 2.24) is 44.5 Å². The van der Waals surface area contributed by atoms with E-state index in [1.807, 2.05) is 114 Å². The molecule has 91 heavy (non-hydrogen) atoms. The molecule has 21 nitrogen and oxygen atoms in total. The minimum Gasteiger partial charge on any atom is -0.390 e. The van der Waals surface area contributed by atoms with E-state index in [0.717, 1.165) is 11.8 Å². The van der Waals surface area contributed by atoms with Gasteiger partial charge in [-0.1, -0.05) is 123 Å². The summed E-state index contributed by atoms with van der Waals surface area (Å²) in [7, 11) is 14.0. The minimum absolute atomic E-state index is 0.0796. The monoisotopic (exact) mass is 1300 g/mol. The quantitative estimate of drug-likeness (QED) is 0.106. The molecule has 1 fully saturated rings. The van der Waals surface area contributed by atoms with Gasteiger partial charge in [0.1, 0.15) is 30.2 Å². The van der Waals surface area contributed by atoms with Crippen LogP contribution >= 0.6 is 11.8 Å². The van der Waals surface area contributed by atoms with Crippen molar-refractivity contribution in [2.24, 2.45) is 58.7 Å². The lowest BCUT2D eigenvalue weighted by atomic mass is 9.81. The van der Waals surface area contributed by atoms with Crippen molar-refractivity contribution >= 4 is 76.4 Å². The molecular formula is C69H123N9O12S. The first-order valence-corrected chi connectivity index (χ1v) is 34.2. The number of aliphatic hydroxyl groups excluding tert-OH is 1. The fourth-order valence-corrected chi connectivity index (χ4v) is 13.1. The number of thioether (sulfide) groups is 1. The van der Waals surface area contributed by atoms with E-state index >= 15 is 33.6 Å². The Bertz CT molecular complexity index is 2500. The second-order valence-electron chi connectivity index (χ2n) is 29.6. The Morgan fingerprint density at radius 1 is 0.549 bits per heavy atom. The molecule has 22 heteroatoms. The van der Waals surface area contributed by atoms with E-state index in [2.05, 4.69) is 5.32 Å². The maximum Gasteiger partial charge on any atom is 0.256 e. The lowest BCUT2D eigenvalue weighted by Gasteiger charge is -2.41. The molecule has 13 unspecified atom stereocenters. The van der Waals surface area contributed by atoms with Crippen molar-refractivity contribution < 1.29 is 57.8 Å². The van der Waals surface area contributed by atoms with Gasteiger partial charge in [-0.05, 0) is 107 Å². The summed E-state index contributed by atoms with van der Waals surface area (Å²) in [6.45, 7) is 32.7. The summed E-state index contributed by atoms with van der Waals surface area (Å²) in [6, 6.07) is -8.26. The summed E-state index contributed by atoms with van der Waals surface area (Å²) in [4.78, 5) is 175. The smallest absolute Gasteiger partial charge is 0.256 e. The van der Waals surface area contributed by atoms with Gasteiger partial charge in [-0.25, -0.2) is 0 Å². The second-order valence-corrected chi connectivity index (χ2v) is 30.6. The highest BCUT2D eigenvalue weighted by Crippen LogP contribution is 2.33. The standard InChI is InChI=1S/C69H123N9O12S/c1-28-30-31-45(13)59(82)58-56(81)36-48(29-2)62(85)78(27)68(91-39-71(19)20)67(90)75(24)53(38-69(16,17)18)55(80)37-49(43(9)10)63(86)72(21)50(32-40(3)4)54(79)35-46(14)60(83)70-47(15)61(84)73(22)51(33-41(5)6)64(87)74(23)52(34-42(7)8)65(88)76(25)57(44(11)12)66(89)77(58)26/h28,30,40-53,57-59,68,82H,29,31-39H2,1-27H3,(H,70,83)/b30-28+. The maximum atomic E-state index is 15.3. The van der Waals surface area contributed by atoms with Gasteiger partial charge < -0.3 is 49.6 Å². The van der Waals surface area contributed by atoms with Crippen molar-refractivity contribution in [2.75, 3.05) is 69.3 Å². The lowest BCUT2D eigenvalue weighted by molar-refractivity contribution is -0.157. The first-order valence-electron chi connectivity index (χ1n) is 33.1. The van der Waals surface area contributed by atoms with E-state index in [0.29, 0.717) is 6.42 Å². The number of carbonyl (C=O) groups is 11. The third-order valence-corrected chi connectivity index (χ3v) is 19.3. The molecular weight excluding hydrogens is 1180 g/mol. The number of carbonyl (C=O) groups excluding carboxylic acids is 11. The molecule has 0 saturated carbocycles. The van der Waals surface area contributed by atoms with Crippen LogP contribution in [0.15, 0.2) is 12.2 Å². The molecule has 522 valence electrons. The van der Waals surface area contributed by atoms with Crippen molar-refractivity contribution in [1.29, 1.82) is 0 Å². The number of Topliss-reactive ketones (excluding diaryl/α,β-unsaturated/α-hetero) is 3. The van der Waals surface area contributed by atoms with E-state index in [-0.39, 0.29) is 68.6 Å². The number of amides is 8. The fourth-order valence-electron chi connectivity index (χ4n) is 12.0. The zero-order valence-corrected chi connectivity index (χ0v) is 61.9. The highest BCUT2D eigenvalue weighted by Gasteiger charge is 2.47. The first kappa shape index (κ1) is 83.8. The van der Waals surface area contributed by atoms with Crippen LogP contribution in [0.1, 0.15) is 182 Å². The van der Waals surface area contributed by atoms with Crippen LogP contribution in [0.5, 0.6) is 0 Å². The zero-order chi connectivity index (χ0) is 70.8. The molecule has 1 aliphatic heterocycles. The lowest BCUT2D eigenvalue weighted by Crippen LogP contribution is -2.61. The number of nitrogens with one attached hydrogen (secondary N) is 1. The summed E-state index contributed by atoms with van der Waals surface area (Å²) in [5.41, 5.74) is -0.527. The Morgan fingerprint density at radius 2 is 1.00 bits per heavy atom. The van der Waals surface area contributed by atoms with Crippen LogP contribution in [0.3, 0.4) is 0 Å². The normalized spacial score (nSPS) is 27.2. The van der Waals surface area contributed by atoms with Crippen LogP contribution in [0.4, 0.5) is 0 Å². The molecule has 0 aromatic rings. The Labute approximate surface area is 552 Å². The maximum absolute atomic E-state index is 15.3. The molecule has 0 aliphatic carbocycles. The molecule has 0 radical (unpaired) electrons. The number of hydrogen-bond acceptors (Lipinski definition) is 14. The Balaban J connectivity index is 4.54. The topological polar surface area (TPSA) is 246 Å². The predicted octanol–water partition coefficient (Wildman–Crippen LogP) is 7.51. The largest absolute Gasteiger partial charge is 0.390 e. The number of ketones is 3. The van der Waals surface area contributed by atoms with Gasteiger partial charge in [0.15, 0.2) is 22.7 Å². The van der Waals surface area contributed by atoms with Crippen molar-refractivity contribution in [3.63, 3.8) is 0 Å². The molecule has 0 aromatic carbocycles. The zero-order valence-electron chi connectivity index (χ0n) is 61.0. The number of aliphatic hydroxyl groups is 1. The average Bonchev–Trinajstić information content (AvgIpc) is 0.888. The van der Waals surface area contributed by atoms with Gasteiger partial charge in [-0.2, -0.15) is 0 Å². The second kappa shape index (κ2) is 37.6. The third kappa shape index (κ3) is 24.3. The van der Waals surface area contributed by atoms with Crippen LogP contribution in [0.25, 0.3) is 0 Å². The van der Waals surface area contributed by atoms with E-state index in [1.165, 1.54) is 90.6 Å². The molecule has 2 N–H and O–H groups in total. The summed E-state index contributed by atoms with van der Waals surface area (Å²) in [6.07, 6.45) is 2.39. The van der Waals surface area contributed by atoms with Gasteiger partial charge in [0.25, 0.3) is 5.91 Å². The molecule has 1 rings (SSSR count). The molecule has 1 aliphatic rings. The fraction of sp³-hybridized carbons (Fsp3) is 0.812. The van der Waals surface area contributed by atoms with E-state index in [9.17, 15) is 24.3 Å².